The second-order valence-electron chi connectivity index (χ2n) is 5.33. The minimum Gasteiger partial charge on any atom is -0.250 e. The first-order valence-corrected chi connectivity index (χ1v) is 6.37. The second-order valence-corrected chi connectivity index (χ2v) is 5.72. The van der Waals surface area contributed by atoms with Crippen LogP contribution in [0.4, 0.5) is 8.78 Å². The van der Waals surface area contributed by atoms with Crippen LogP contribution in [0, 0.1) is 16.4 Å². The highest BCUT2D eigenvalue weighted by Gasteiger charge is 2.21. The molecule has 1 aromatic heterocycles. The lowest BCUT2D eigenvalue weighted by molar-refractivity contribution is 0.508. The number of H-pyrrole nitrogens is 1. The van der Waals surface area contributed by atoms with Crippen LogP contribution in [0.1, 0.15) is 32.2 Å². The topological polar surface area (TPSA) is 46.0 Å². The fourth-order valence-corrected chi connectivity index (χ4v) is 1.78. The van der Waals surface area contributed by atoms with Gasteiger partial charge in [0.2, 0.25) is 4.77 Å². The molecule has 0 unspecified atom stereocenters. The van der Waals surface area contributed by atoms with E-state index < -0.39 is 11.6 Å². The van der Waals surface area contributed by atoms with Gasteiger partial charge in [-0.05, 0) is 29.9 Å². The lowest BCUT2D eigenvalue weighted by Gasteiger charge is -2.15. The third-order valence-corrected chi connectivity index (χ3v) is 2.85. The SMILES string of the molecule is CC(C)(C)c1n[nH]c(=S)n1/N=C\c1ccc(F)c(F)c1. The van der Waals surface area contributed by atoms with E-state index in [0.717, 1.165) is 12.1 Å². The summed E-state index contributed by atoms with van der Waals surface area (Å²) in [5, 5.41) is 11.0. The predicted molar refractivity (Wildman–Crippen MR) is 75.5 cm³/mol. The van der Waals surface area contributed by atoms with Crippen molar-refractivity contribution in [2.24, 2.45) is 5.10 Å². The van der Waals surface area contributed by atoms with Gasteiger partial charge in [-0.15, -0.1) is 0 Å². The third-order valence-electron chi connectivity index (χ3n) is 2.59. The van der Waals surface area contributed by atoms with E-state index in [-0.39, 0.29) is 5.41 Å². The molecule has 1 N–H and O–H groups in total. The molecule has 0 aliphatic rings. The molecule has 2 aromatic rings. The van der Waals surface area contributed by atoms with E-state index in [2.05, 4.69) is 15.3 Å². The Morgan fingerprint density at radius 3 is 2.60 bits per heavy atom. The molecule has 0 saturated heterocycles. The predicted octanol–water partition coefficient (Wildman–Crippen LogP) is 3.40. The van der Waals surface area contributed by atoms with Crippen LogP contribution in [0.3, 0.4) is 0 Å². The minimum absolute atomic E-state index is 0.251. The van der Waals surface area contributed by atoms with E-state index >= 15 is 0 Å². The first kappa shape index (κ1) is 14.5. The monoisotopic (exact) mass is 296 g/mol. The van der Waals surface area contributed by atoms with E-state index in [4.69, 9.17) is 12.2 Å². The van der Waals surface area contributed by atoms with Gasteiger partial charge < -0.3 is 0 Å². The molecule has 1 aromatic carbocycles. The summed E-state index contributed by atoms with van der Waals surface area (Å²) in [5.41, 5.74) is 0.186. The Morgan fingerprint density at radius 1 is 1.30 bits per heavy atom. The lowest BCUT2D eigenvalue weighted by Crippen LogP contribution is -2.17. The number of aromatic amines is 1. The summed E-state index contributed by atoms with van der Waals surface area (Å²) in [6, 6.07) is 3.55. The van der Waals surface area contributed by atoms with Crippen LogP contribution >= 0.6 is 12.2 Å². The fraction of sp³-hybridized carbons (Fsp3) is 0.308. The number of rotatable bonds is 2. The van der Waals surface area contributed by atoms with Gasteiger partial charge in [0.1, 0.15) is 0 Å². The molecule has 20 heavy (non-hydrogen) atoms. The molecule has 0 radical (unpaired) electrons. The maximum absolute atomic E-state index is 13.1. The Kier molecular flexibility index (Phi) is 3.80. The van der Waals surface area contributed by atoms with Crippen molar-refractivity contribution >= 4 is 18.4 Å². The quantitative estimate of drug-likeness (QED) is 0.682. The van der Waals surface area contributed by atoms with E-state index in [1.807, 2.05) is 20.8 Å². The van der Waals surface area contributed by atoms with Gasteiger partial charge in [-0.25, -0.2) is 8.78 Å². The molecule has 0 saturated carbocycles. The first-order valence-electron chi connectivity index (χ1n) is 5.96. The summed E-state index contributed by atoms with van der Waals surface area (Å²) in [6.45, 7) is 5.92. The largest absolute Gasteiger partial charge is 0.250 e. The van der Waals surface area contributed by atoms with Gasteiger partial charge in [0.05, 0.1) is 6.21 Å². The summed E-state index contributed by atoms with van der Waals surface area (Å²) in [6.07, 6.45) is 1.41. The van der Waals surface area contributed by atoms with Gasteiger partial charge in [-0.3, -0.25) is 5.10 Å². The van der Waals surface area contributed by atoms with Crippen molar-refractivity contribution in [2.45, 2.75) is 26.2 Å². The number of hydrogen-bond acceptors (Lipinski definition) is 3. The molecule has 0 amide bonds. The van der Waals surface area contributed by atoms with Gasteiger partial charge in [-0.1, -0.05) is 26.8 Å². The van der Waals surface area contributed by atoms with Crippen LogP contribution < -0.4 is 0 Å². The third kappa shape index (κ3) is 2.98. The Labute approximate surface area is 120 Å². The number of halogens is 2. The van der Waals surface area contributed by atoms with Crippen molar-refractivity contribution in [1.29, 1.82) is 0 Å². The van der Waals surface area contributed by atoms with Crippen molar-refractivity contribution in [3.8, 4) is 0 Å². The van der Waals surface area contributed by atoms with Crippen LogP contribution in [0.15, 0.2) is 23.3 Å². The normalized spacial score (nSPS) is 12.2. The van der Waals surface area contributed by atoms with Crippen LogP contribution in [0.5, 0.6) is 0 Å². The molecule has 0 spiro atoms. The highest BCUT2D eigenvalue weighted by molar-refractivity contribution is 7.71. The van der Waals surface area contributed by atoms with Gasteiger partial charge in [0.25, 0.3) is 0 Å². The highest BCUT2D eigenvalue weighted by atomic mass is 32.1. The summed E-state index contributed by atoms with van der Waals surface area (Å²) in [7, 11) is 0. The maximum atomic E-state index is 13.1. The Balaban J connectivity index is 2.39. The molecular formula is C13H14F2N4S. The average Bonchev–Trinajstić information content (AvgIpc) is 2.72. The highest BCUT2D eigenvalue weighted by Crippen LogP contribution is 2.19. The molecule has 0 atom stereocenters. The molecule has 4 nitrogen and oxygen atoms in total. The molecule has 0 aliphatic heterocycles. The van der Waals surface area contributed by atoms with E-state index in [0.29, 0.717) is 16.2 Å². The molecule has 2 rings (SSSR count). The van der Waals surface area contributed by atoms with Crippen molar-refractivity contribution in [3.05, 3.63) is 46.0 Å². The van der Waals surface area contributed by atoms with Gasteiger partial charge in [0, 0.05) is 5.41 Å². The van der Waals surface area contributed by atoms with Gasteiger partial charge in [-0.2, -0.15) is 14.9 Å². The summed E-state index contributed by atoms with van der Waals surface area (Å²) >= 11 is 5.10. The molecular weight excluding hydrogens is 282 g/mol. The standard InChI is InChI=1S/C13H14F2N4S/c1-13(2,3)11-17-18-12(20)19(11)16-7-8-4-5-9(14)10(15)6-8/h4-7H,1-3H3,(H,18,20)/b16-7-. The average molecular weight is 296 g/mol. The van der Waals surface area contributed by atoms with Gasteiger partial charge >= 0.3 is 0 Å². The van der Waals surface area contributed by atoms with Crippen LogP contribution in [-0.2, 0) is 5.41 Å². The number of aromatic nitrogens is 3. The molecule has 1 heterocycles. The number of hydrogen-bond donors (Lipinski definition) is 1. The van der Waals surface area contributed by atoms with E-state index in [1.54, 1.807) is 0 Å². The minimum atomic E-state index is -0.916. The zero-order valence-electron chi connectivity index (χ0n) is 11.3. The molecule has 0 fully saturated rings. The summed E-state index contributed by atoms with van der Waals surface area (Å²) in [4.78, 5) is 0. The number of benzene rings is 1. The summed E-state index contributed by atoms with van der Waals surface area (Å²) < 4.78 is 27.8. The molecule has 0 bridgehead atoms. The fourth-order valence-electron chi connectivity index (χ4n) is 1.60. The first-order chi connectivity index (χ1) is 9.29. The number of nitrogens with zero attached hydrogens (tertiary/aromatic N) is 3. The van der Waals surface area contributed by atoms with Gasteiger partial charge in [0.15, 0.2) is 17.5 Å². The second kappa shape index (κ2) is 5.24. The zero-order valence-corrected chi connectivity index (χ0v) is 12.1. The lowest BCUT2D eigenvalue weighted by atomic mass is 9.96. The van der Waals surface area contributed by atoms with Crippen molar-refractivity contribution in [3.63, 3.8) is 0 Å². The number of nitrogens with one attached hydrogen (secondary N) is 1. The van der Waals surface area contributed by atoms with Crippen molar-refractivity contribution in [1.82, 2.24) is 14.9 Å². The summed E-state index contributed by atoms with van der Waals surface area (Å²) in [5.74, 6) is -1.15. The zero-order chi connectivity index (χ0) is 14.9. The molecule has 106 valence electrons. The van der Waals surface area contributed by atoms with Crippen molar-refractivity contribution < 1.29 is 8.78 Å². The molecule has 0 aliphatic carbocycles. The van der Waals surface area contributed by atoms with Crippen LogP contribution in [0.25, 0.3) is 0 Å². The van der Waals surface area contributed by atoms with Crippen LogP contribution in [-0.4, -0.2) is 21.1 Å². The Morgan fingerprint density at radius 2 is 2.00 bits per heavy atom. The Bertz CT molecular complexity index is 710. The van der Waals surface area contributed by atoms with E-state index in [1.165, 1.54) is 17.0 Å². The van der Waals surface area contributed by atoms with E-state index in [9.17, 15) is 8.78 Å². The maximum Gasteiger partial charge on any atom is 0.216 e. The van der Waals surface area contributed by atoms with Crippen LogP contribution in [0.2, 0.25) is 0 Å². The molecule has 7 heteroatoms. The van der Waals surface area contributed by atoms with Crippen molar-refractivity contribution in [2.75, 3.05) is 0 Å². The smallest absolute Gasteiger partial charge is 0.216 e. The Hall–Kier alpha value is -1.89.